The Labute approximate surface area is 272 Å². The molecule has 1 aliphatic carbocycles. The van der Waals surface area contributed by atoms with Gasteiger partial charge in [-0.15, -0.1) is 0 Å². The van der Waals surface area contributed by atoms with E-state index in [0.29, 0.717) is 5.82 Å². The van der Waals surface area contributed by atoms with Gasteiger partial charge in [0.25, 0.3) is 0 Å². The molecule has 47 heavy (non-hydrogen) atoms. The third-order valence-corrected chi connectivity index (χ3v) is 9.55. The first kappa shape index (κ1) is 26.0. The normalized spacial score (nSPS) is 11.8. The minimum atomic E-state index is 0.711. The number of hydrogen-bond acceptors (Lipinski definition) is 2. The van der Waals surface area contributed by atoms with E-state index in [9.17, 15) is 0 Å². The van der Waals surface area contributed by atoms with E-state index in [-0.39, 0.29) is 0 Å². The van der Waals surface area contributed by atoms with E-state index in [1.54, 1.807) is 0 Å². The molecule has 9 aromatic rings. The molecule has 0 saturated heterocycles. The number of fused-ring (bicyclic) bond motifs is 7. The molecule has 0 radical (unpaired) electrons. The molecule has 0 atom stereocenters. The van der Waals surface area contributed by atoms with Gasteiger partial charge in [0.15, 0.2) is 5.82 Å². The molecule has 0 saturated carbocycles. The molecular formula is C44H27N3. The van der Waals surface area contributed by atoms with Crippen LogP contribution in [-0.4, -0.2) is 14.5 Å². The van der Waals surface area contributed by atoms with E-state index in [2.05, 4.69) is 132 Å². The second-order valence-electron chi connectivity index (χ2n) is 12.2. The van der Waals surface area contributed by atoms with E-state index in [1.807, 2.05) is 36.4 Å². The van der Waals surface area contributed by atoms with E-state index < -0.39 is 0 Å². The SMILES string of the molecule is c1ccc(-c2cc(-c3ccccc3)nc(-c3ccc(-n4c5ccccc5c5c6c(ccc54)-c4cccc5cccc-6c45)cc3)n2)cc1. The van der Waals surface area contributed by atoms with Crippen LogP contribution in [0, 0.1) is 0 Å². The van der Waals surface area contributed by atoms with E-state index >= 15 is 0 Å². The Hall–Kier alpha value is -6.32. The molecule has 0 spiro atoms. The van der Waals surface area contributed by atoms with Gasteiger partial charge in [-0.3, -0.25) is 0 Å². The van der Waals surface area contributed by atoms with Crippen LogP contribution in [0.5, 0.6) is 0 Å². The minimum Gasteiger partial charge on any atom is -0.309 e. The molecule has 3 nitrogen and oxygen atoms in total. The van der Waals surface area contributed by atoms with Crippen LogP contribution >= 0.6 is 0 Å². The monoisotopic (exact) mass is 597 g/mol. The van der Waals surface area contributed by atoms with Crippen LogP contribution < -0.4 is 0 Å². The average Bonchev–Trinajstić information content (AvgIpc) is 3.66. The predicted octanol–water partition coefficient (Wildman–Crippen LogP) is 11.4. The fraction of sp³-hybridized carbons (Fsp3) is 0. The van der Waals surface area contributed by atoms with E-state index in [4.69, 9.17) is 9.97 Å². The molecule has 218 valence electrons. The van der Waals surface area contributed by atoms with Gasteiger partial charge in [-0.25, -0.2) is 9.97 Å². The Morgan fingerprint density at radius 2 is 1.04 bits per heavy atom. The van der Waals surface area contributed by atoms with Crippen molar-refractivity contribution < 1.29 is 0 Å². The summed E-state index contributed by atoms with van der Waals surface area (Å²) in [5.41, 5.74) is 13.7. The smallest absolute Gasteiger partial charge is 0.160 e. The predicted molar refractivity (Wildman–Crippen MR) is 195 cm³/mol. The maximum Gasteiger partial charge on any atom is 0.160 e. The molecule has 1 aliphatic rings. The molecule has 0 fully saturated rings. The summed E-state index contributed by atoms with van der Waals surface area (Å²) in [4.78, 5) is 10.1. The van der Waals surface area contributed by atoms with Crippen molar-refractivity contribution in [3.05, 3.63) is 164 Å². The largest absolute Gasteiger partial charge is 0.309 e. The molecule has 7 aromatic carbocycles. The summed E-state index contributed by atoms with van der Waals surface area (Å²) in [5.74, 6) is 0.711. The topological polar surface area (TPSA) is 30.7 Å². The average molecular weight is 598 g/mol. The third kappa shape index (κ3) is 3.93. The highest BCUT2D eigenvalue weighted by atomic mass is 15.0. The van der Waals surface area contributed by atoms with Crippen molar-refractivity contribution in [2.75, 3.05) is 0 Å². The Bertz CT molecular complexity index is 2590. The summed E-state index contributed by atoms with van der Waals surface area (Å²) in [6, 6.07) is 58.2. The first-order valence-corrected chi connectivity index (χ1v) is 16.0. The Kier molecular flexibility index (Phi) is 5.57. The first-order chi connectivity index (χ1) is 23.3. The third-order valence-electron chi connectivity index (χ3n) is 9.55. The van der Waals surface area contributed by atoms with Gasteiger partial charge in [0, 0.05) is 38.7 Å². The molecule has 2 heterocycles. The quantitative estimate of drug-likeness (QED) is 0.202. The fourth-order valence-electron chi connectivity index (χ4n) is 7.47. The van der Waals surface area contributed by atoms with Crippen molar-refractivity contribution in [2.45, 2.75) is 0 Å². The Balaban J connectivity index is 1.15. The summed E-state index contributed by atoms with van der Waals surface area (Å²) in [7, 11) is 0. The van der Waals surface area contributed by atoms with Gasteiger partial charge in [0.2, 0.25) is 0 Å². The molecule has 3 heteroatoms. The Morgan fingerprint density at radius 3 is 1.74 bits per heavy atom. The van der Waals surface area contributed by atoms with Crippen molar-refractivity contribution in [2.24, 2.45) is 0 Å². The van der Waals surface area contributed by atoms with Gasteiger partial charge in [0.05, 0.1) is 22.4 Å². The maximum absolute atomic E-state index is 5.05. The van der Waals surface area contributed by atoms with Crippen LogP contribution in [-0.2, 0) is 0 Å². The van der Waals surface area contributed by atoms with Crippen LogP contribution in [0.25, 0.3) is 94.4 Å². The minimum absolute atomic E-state index is 0.711. The van der Waals surface area contributed by atoms with Crippen molar-refractivity contribution >= 4 is 32.6 Å². The molecule has 0 bridgehead atoms. The molecule has 0 unspecified atom stereocenters. The van der Waals surface area contributed by atoms with Crippen LogP contribution in [0.15, 0.2) is 164 Å². The molecular weight excluding hydrogens is 571 g/mol. The molecule has 0 aliphatic heterocycles. The lowest BCUT2D eigenvalue weighted by molar-refractivity contribution is 1.16. The van der Waals surface area contributed by atoms with Crippen LogP contribution in [0.3, 0.4) is 0 Å². The number of aromatic nitrogens is 3. The Morgan fingerprint density at radius 1 is 0.404 bits per heavy atom. The van der Waals surface area contributed by atoms with Gasteiger partial charge in [-0.2, -0.15) is 0 Å². The zero-order valence-corrected chi connectivity index (χ0v) is 25.4. The molecule has 0 amide bonds. The number of para-hydroxylation sites is 1. The summed E-state index contributed by atoms with van der Waals surface area (Å²) in [6.45, 7) is 0. The van der Waals surface area contributed by atoms with Gasteiger partial charge < -0.3 is 4.57 Å². The van der Waals surface area contributed by atoms with Crippen LogP contribution in [0.4, 0.5) is 0 Å². The highest BCUT2D eigenvalue weighted by molar-refractivity contribution is 6.26. The lowest BCUT2D eigenvalue weighted by Crippen LogP contribution is -1.97. The van der Waals surface area contributed by atoms with Crippen LogP contribution in [0.1, 0.15) is 0 Å². The summed E-state index contributed by atoms with van der Waals surface area (Å²) in [5, 5.41) is 5.21. The highest BCUT2D eigenvalue weighted by Crippen LogP contribution is 2.52. The summed E-state index contributed by atoms with van der Waals surface area (Å²) < 4.78 is 2.40. The van der Waals surface area contributed by atoms with Crippen LogP contribution in [0.2, 0.25) is 0 Å². The van der Waals surface area contributed by atoms with Gasteiger partial charge in [0.1, 0.15) is 0 Å². The lowest BCUT2D eigenvalue weighted by atomic mass is 9.98. The standard InChI is InChI=1S/C44H27N3/c1-3-11-28(12-4-1)37-27-38(29-13-5-2-6-14-29)46-44(45-37)31-21-23-32(24-22-31)47-39-20-8-7-17-35(39)43-40(47)26-25-34-33-18-9-15-30-16-10-19-36(41(30)33)42(34)43/h1-27H. The van der Waals surface area contributed by atoms with E-state index in [1.165, 1.54) is 54.8 Å². The first-order valence-electron chi connectivity index (χ1n) is 16.0. The van der Waals surface area contributed by atoms with Gasteiger partial charge in [-0.1, -0.05) is 121 Å². The van der Waals surface area contributed by atoms with Crippen molar-refractivity contribution in [3.63, 3.8) is 0 Å². The molecule has 10 rings (SSSR count). The second kappa shape index (κ2) is 10.1. The van der Waals surface area contributed by atoms with Gasteiger partial charge >= 0.3 is 0 Å². The maximum atomic E-state index is 5.05. The zero-order valence-electron chi connectivity index (χ0n) is 25.4. The highest BCUT2D eigenvalue weighted by Gasteiger charge is 2.26. The van der Waals surface area contributed by atoms with Crippen molar-refractivity contribution in [3.8, 4) is 61.8 Å². The summed E-state index contributed by atoms with van der Waals surface area (Å²) in [6.07, 6.45) is 0. The van der Waals surface area contributed by atoms with Gasteiger partial charge in [-0.05, 0) is 69.9 Å². The van der Waals surface area contributed by atoms with Crippen molar-refractivity contribution in [1.29, 1.82) is 0 Å². The lowest BCUT2D eigenvalue weighted by Gasteiger charge is -2.12. The number of nitrogens with zero attached hydrogens (tertiary/aromatic N) is 3. The fourth-order valence-corrected chi connectivity index (χ4v) is 7.47. The summed E-state index contributed by atoms with van der Waals surface area (Å²) >= 11 is 0. The zero-order chi connectivity index (χ0) is 30.9. The number of benzene rings is 7. The van der Waals surface area contributed by atoms with Crippen molar-refractivity contribution in [1.82, 2.24) is 14.5 Å². The second-order valence-corrected chi connectivity index (χ2v) is 12.2. The van der Waals surface area contributed by atoms with E-state index in [0.717, 1.165) is 33.8 Å². The molecule has 0 N–H and O–H groups in total. The number of hydrogen-bond donors (Lipinski definition) is 0. The molecule has 2 aromatic heterocycles. The number of rotatable bonds is 4.